The molecule has 6 heteroatoms. The largest absolute Gasteiger partial charge is 0.463 e. The van der Waals surface area contributed by atoms with Crippen LogP contribution < -0.4 is 5.32 Å². The third-order valence-corrected chi connectivity index (χ3v) is 7.22. The molecule has 0 saturated carbocycles. The molecule has 0 saturated heterocycles. The van der Waals surface area contributed by atoms with Crippen LogP contribution in [0.2, 0.25) is 0 Å². The van der Waals surface area contributed by atoms with Gasteiger partial charge in [-0.3, -0.25) is 9.59 Å². The Bertz CT molecular complexity index is 1290. The molecule has 6 nitrogen and oxygen atoms in total. The summed E-state index contributed by atoms with van der Waals surface area (Å²) in [6, 6.07) is 28.3. The molecule has 1 aliphatic rings. The summed E-state index contributed by atoms with van der Waals surface area (Å²) in [5.41, 5.74) is 5.21. The van der Waals surface area contributed by atoms with Crippen molar-refractivity contribution in [1.29, 1.82) is 0 Å². The number of carbonyl (C=O) groups excluding carboxylic acids is 3. The van der Waals surface area contributed by atoms with Gasteiger partial charge in [0.2, 0.25) is 11.8 Å². The van der Waals surface area contributed by atoms with E-state index in [-0.39, 0.29) is 37.3 Å². The van der Waals surface area contributed by atoms with E-state index in [4.69, 9.17) is 4.74 Å². The SMILES string of the molecule is CCOC(=O)C1=C(C)N(CC(=O)NCCC(c2ccccc2)c2ccccc2)C(=O)CC1c1cccc(C)c1. The van der Waals surface area contributed by atoms with Gasteiger partial charge in [0.1, 0.15) is 6.54 Å². The molecule has 2 amide bonds. The molecule has 1 heterocycles. The number of hydrogen-bond donors (Lipinski definition) is 1. The van der Waals surface area contributed by atoms with Gasteiger partial charge in [-0.25, -0.2) is 4.79 Å². The lowest BCUT2D eigenvalue weighted by Gasteiger charge is -2.34. The summed E-state index contributed by atoms with van der Waals surface area (Å²) in [6.45, 7) is 6.00. The predicted molar refractivity (Wildman–Crippen MR) is 152 cm³/mol. The van der Waals surface area contributed by atoms with Crippen LogP contribution in [-0.4, -0.2) is 42.4 Å². The van der Waals surface area contributed by atoms with Crippen LogP contribution in [0, 0.1) is 6.92 Å². The van der Waals surface area contributed by atoms with Crippen LogP contribution in [0.1, 0.15) is 60.8 Å². The van der Waals surface area contributed by atoms with Crippen LogP contribution in [-0.2, 0) is 19.1 Å². The van der Waals surface area contributed by atoms with Crippen molar-refractivity contribution in [3.63, 3.8) is 0 Å². The van der Waals surface area contributed by atoms with Crippen molar-refractivity contribution >= 4 is 17.8 Å². The van der Waals surface area contributed by atoms with E-state index >= 15 is 0 Å². The molecule has 1 unspecified atom stereocenters. The van der Waals surface area contributed by atoms with E-state index in [0.29, 0.717) is 24.2 Å². The number of nitrogens with one attached hydrogen (secondary N) is 1. The highest BCUT2D eigenvalue weighted by molar-refractivity contribution is 5.97. The normalized spacial score (nSPS) is 15.4. The fraction of sp³-hybridized carbons (Fsp3) is 0.303. The molecule has 1 atom stereocenters. The minimum absolute atomic E-state index is 0.103. The van der Waals surface area contributed by atoms with Crippen molar-refractivity contribution in [3.05, 3.63) is 118 Å². The Hall–Kier alpha value is -4.19. The fourth-order valence-corrected chi connectivity index (χ4v) is 5.30. The lowest BCUT2D eigenvalue weighted by molar-refractivity contribution is -0.141. The molecule has 0 spiro atoms. The first-order chi connectivity index (χ1) is 18.9. The first kappa shape index (κ1) is 27.8. The van der Waals surface area contributed by atoms with Gasteiger partial charge in [0.05, 0.1) is 12.2 Å². The number of allylic oxidation sites excluding steroid dienone is 1. The fourth-order valence-electron chi connectivity index (χ4n) is 5.30. The molecule has 39 heavy (non-hydrogen) atoms. The molecule has 3 aromatic rings. The van der Waals surface area contributed by atoms with Gasteiger partial charge in [-0.05, 0) is 43.9 Å². The van der Waals surface area contributed by atoms with Gasteiger partial charge in [-0.1, -0.05) is 90.5 Å². The molecule has 1 N–H and O–H groups in total. The highest BCUT2D eigenvalue weighted by Gasteiger charge is 2.37. The number of benzene rings is 3. The van der Waals surface area contributed by atoms with Crippen LogP contribution in [0.3, 0.4) is 0 Å². The van der Waals surface area contributed by atoms with Gasteiger partial charge in [0.25, 0.3) is 0 Å². The number of carbonyl (C=O) groups is 3. The molecule has 0 radical (unpaired) electrons. The maximum atomic E-state index is 13.2. The maximum absolute atomic E-state index is 13.2. The van der Waals surface area contributed by atoms with Gasteiger partial charge in [-0.15, -0.1) is 0 Å². The van der Waals surface area contributed by atoms with Gasteiger partial charge >= 0.3 is 5.97 Å². The van der Waals surface area contributed by atoms with Crippen molar-refractivity contribution in [2.75, 3.05) is 19.7 Å². The lowest BCUT2D eigenvalue weighted by Crippen LogP contribution is -2.44. The van der Waals surface area contributed by atoms with Crippen molar-refractivity contribution < 1.29 is 19.1 Å². The number of nitrogens with zero attached hydrogens (tertiary/aromatic N) is 1. The van der Waals surface area contributed by atoms with Crippen molar-refractivity contribution in [2.45, 2.75) is 45.4 Å². The highest BCUT2D eigenvalue weighted by Crippen LogP contribution is 2.37. The molecule has 0 aliphatic carbocycles. The van der Waals surface area contributed by atoms with E-state index in [1.165, 1.54) is 16.0 Å². The number of rotatable bonds is 10. The molecule has 202 valence electrons. The molecule has 0 bridgehead atoms. The number of amides is 2. The average molecular weight is 525 g/mol. The average Bonchev–Trinajstić information content (AvgIpc) is 2.94. The smallest absolute Gasteiger partial charge is 0.336 e. The third kappa shape index (κ3) is 6.82. The number of aryl methyl sites for hydroxylation is 1. The maximum Gasteiger partial charge on any atom is 0.336 e. The Morgan fingerprint density at radius 2 is 1.59 bits per heavy atom. The van der Waals surface area contributed by atoms with Gasteiger partial charge in [-0.2, -0.15) is 0 Å². The molecule has 0 aromatic heterocycles. The number of hydrogen-bond acceptors (Lipinski definition) is 4. The lowest BCUT2D eigenvalue weighted by atomic mass is 9.83. The predicted octanol–water partition coefficient (Wildman–Crippen LogP) is 5.49. The molecule has 3 aromatic carbocycles. The Morgan fingerprint density at radius 1 is 0.949 bits per heavy atom. The van der Waals surface area contributed by atoms with E-state index in [2.05, 4.69) is 29.6 Å². The summed E-state index contributed by atoms with van der Waals surface area (Å²) >= 11 is 0. The molecule has 1 aliphatic heterocycles. The van der Waals surface area contributed by atoms with Crippen LogP contribution in [0.15, 0.2) is 96.2 Å². The molecule has 4 rings (SSSR count). The zero-order chi connectivity index (χ0) is 27.8. The second-order valence-electron chi connectivity index (χ2n) is 9.88. The van der Waals surface area contributed by atoms with Gasteiger partial charge in [0, 0.05) is 30.5 Å². The van der Waals surface area contributed by atoms with E-state index in [1.807, 2.05) is 67.6 Å². The molecule has 0 fully saturated rings. The Morgan fingerprint density at radius 3 is 2.18 bits per heavy atom. The summed E-state index contributed by atoms with van der Waals surface area (Å²) in [6.07, 6.45) is 0.818. The monoisotopic (exact) mass is 524 g/mol. The second kappa shape index (κ2) is 13.1. The highest BCUT2D eigenvalue weighted by atomic mass is 16.5. The first-order valence-electron chi connectivity index (χ1n) is 13.5. The Kier molecular flexibility index (Phi) is 9.31. The zero-order valence-electron chi connectivity index (χ0n) is 22.9. The van der Waals surface area contributed by atoms with Crippen LogP contribution in [0.5, 0.6) is 0 Å². The third-order valence-electron chi connectivity index (χ3n) is 7.22. The number of esters is 1. The van der Waals surface area contributed by atoms with E-state index in [9.17, 15) is 14.4 Å². The first-order valence-corrected chi connectivity index (χ1v) is 13.5. The molecular formula is C33H36N2O4. The summed E-state index contributed by atoms with van der Waals surface area (Å²) in [7, 11) is 0. The van der Waals surface area contributed by atoms with Crippen LogP contribution >= 0.6 is 0 Å². The summed E-state index contributed by atoms with van der Waals surface area (Å²) in [5.74, 6) is -1.17. The van der Waals surface area contributed by atoms with Crippen LogP contribution in [0.4, 0.5) is 0 Å². The second-order valence-corrected chi connectivity index (χ2v) is 9.88. The Balaban J connectivity index is 1.48. The van der Waals surface area contributed by atoms with Crippen LogP contribution in [0.25, 0.3) is 0 Å². The Labute approximate surface area is 230 Å². The standard InChI is InChI=1S/C33H36N2O4/c1-4-39-33(38)32-24(3)35(31(37)21-29(32)27-17-11-12-23(2)20-27)22-30(36)34-19-18-28(25-13-7-5-8-14-25)26-15-9-6-10-16-26/h5-17,20,28-29H,4,18-19,21-22H2,1-3H3,(H,34,36). The topological polar surface area (TPSA) is 75.7 Å². The summed E-state index contributed by atoms with van der Waals surface area (Å²) < 4.78 is 5.36. The minimum Gasteiger partial charge on any atom is -0.463 e. The quantitative estimate of drug-likeness (QED) is 0.356. The van der Waals surface area contributed by atoms with E-state index < -0.39 is 11.9 Å². The number of ether oxygens (including phenoxy) is 1. The zero-order valence-corrected chi connectivity index (χ0v) is 22.9. The van der Waals surface area contributed by atoms with Gasteiger partial charge < -0.3 is 15.0 Å². The van der Waals surface area contributed by atoms with E-state index in [0.717, 1.165) is 11.1 Å². The van der Waals surface area contributed by atoms with Crippen molar-refractivity contribution in [1.82, 2.24) is 10.2 Å². The van der Waals surface area contributed by atoms with E-state index in [1.54, 1.807) is 13.8 Å². The van der Waals surface area contributed by atoms with Gasteiger partial charge in [0.15, 0.2) is 0 Å². The van der Waals surface area contributed by atoms with Crippen molar-refractivity contribution in [3.8, 4) is 0 Å². The molecular weight excluding hydrogens is 488 g/mol. The minimum atomic E-state index is -0.451. The summed E-state index contributed by atoms with van der Waals surface area (Å²) in [4.78, 5) is 40.7. The van der Waals surface area contributed by atoms with Crippen molar-refractivity contribution in [2.24, 2.45) is 0 Å². The summed E-state index contributed by atoms with van der Waals surface area (Å²) in [5, 5.41) is 2.99.